The molecule has 0 amide bonds. The molecule has 1 nitrogen and oxygen atoms in total. The fraction of sp³-hybridized carbons (Fsp3) is 0.455. The van der Waals surface area contributed by atoms with Gasteiger partial charge in [0.1, 0.15) is 0 Å². The van der Waals surface area contributed by atoms with E-state index < -0.39 is 0 Å². The van der Waals surface area contributed by atoms with Gasteiger partial charge in [-0.15, -0.1) is 0 Å². The average molecular weight is 242 g/mol. The van der Waals surface area contributed by atoms with Gasteiger partial charge in [0.2, 0.25) is 0 Å². The van der Waals surface area contributed by atoms with Crippen LogP contribution in [0.1, 0.15) is 23.6 Å². The zero-order chi connectivity index (χ0) is 9.84. The molecular weight excluding hydrogens is 226 g/mol. The maximum atomic E-state index is 3.49. The van der Waals surface area contributed by atoms with Gasteiger partial charge in [0.05, 0.1) is 0 Å². The highest BCUT2D eigenvalue weighted by Crippen LogP contribution is 2.20. The first kappa shape index (κ1) is 10.7. The van der Waals surface area contributed by atoms with Crippen molar-refractivity contribution in [2.75, 3.05) is 6.54 Å². The summed E-state index contributed by atoms with van der Waals surface area (Å²) in [6, 6.07) is 4.33. The molecule has 0 spiro atoms. The van der Waals surface area contributed by atoms with Gasteiger partial charge < -0.3 is 5.32 Å². The first-order valence-corrected chi connectivity index (χ1v) is 5.40. The van der Waals surface area contributed by atoms with Crippen molar-refractivity contribution in [2.24, 2.45) is 0 Å². The van der Waals surface area contributed by atoms with Crippen LogP contribution in [0.15, 0.2) is 16.6 Å². The summed E-state index contributed by atoms with van der Waals surface area (Å²) in [6.45, 7) is 8.44. The minimum Gasteiger partial charge on any atom is -0.313 e. The third kappa shape index (κ3) is 2.82. The summed E-state index contributed by atoms with van der Waals surface area (Å²) in [5.41, 5.74) is 4.13. The average Bonchev–Trinajstić information content (AvgIpc) is 2.02. The highest BCUT2D eigenvalue weighted by atomic mass is 79.9. The molecular formula is C11H16BrN. The monoisotopic (exact) mass is 241 g/mol. The maximum absolute atomic E-state index is 3.49. The van der Waals surface area contributed by atoms with Crippen molar-refractivity contribution in [3.05, 3.63) is 33.3 Å². The van der Waals surface area contributed by atoms with Gasteiger partial charge in [-0.1, -0.05) is 22.9 Å². The van der Waals surface area contributed by atoms with Crippen LogP contribution in [0.5, 0.6) is 0 Å². The molecule has 1 aromatic carbocycles. The summed E-state index contributed by atoms with van der Waals surface area (Å²) in [6.07, 6.45) is 0. The van der Waals surface area contributed by atoms with Crippen LogP contribution in [-0.2, 0) is 6.54 Å². The lowest BCUT2D eigenvalue weighted by atomic mass is 10.0. The van der Waals surface area contributed by atoms with E-state index in [-0.39, 0.29) is 0 Å². The van der Waals surface area contributed by atoms with Crippen LogP contribution in [0.3, 0.4) is 0 Å². The normalized spacial score (nSPS) is 10.5. The standard InChI is InChI=1S/C11H16BrN/c1-4-13-7-11-8(2)5-10(12)6-9(11)3/h5-6,13H,4,7H2,1-3H3. The Kier molecular flexibility index (Phi) is 3.94. The van der Waals surface area contributed by atoms with E-state index in [0.29, 0.717) is 0 Å². The molecule has 0 aliphatic heterocycles. The van der Waals surface area contributed by atoms with Crippen molar-refractivity contribution >= 4 is 15.9 Å². The van der Waals surface area contributed by atoms with E-state index in [4.69, 9.17) is 0 Å². The molecule has 13 heavy (non-hydrogen) atoms. The second-order valence-corrected chi connectivity index (χ2v) is 4.21. The second kappa shape index (κ2) is 4.77. The number of rotatable bonds is 3. The smallest absolute Gasteiger partial charge is 0.0210 e. The van der Waals surface area contributed by atoms with Gasteiger partial charge in [0.25, 0.3) is 0 Å². The quantitative estimate of drug-likeness (QED) is 0.858. The van der Waals surface area contributed by atoms with Crippen LogP contribution in [0.4, 0.5) is 0 Å². The Balaban J connectivity index is 2.92. The summed E-state index contributed by atoms with van der Waals surface area (Å²) >= 11 is 3.49. The van der Waals surface area contributed by atoms with Crippen molar-refractivity contribution in [1.29, 1.82) is 0 Å². The van der Waals surface area contributed by atoms with Gasteiger partial charge in [-0.3, -0.25) is 0 Å². The molecule has 0 fully saturated rings. The first-order chi connectivity index (χ1) is 6.15. The number of halogens is 1. The van der Waals surface area contributed by atoms with Crippen molar-refractivity contribution in [2.45, 2.75) is 27.3 Å². The Morgan fingerprint density at radius 2 is 1.77 bits per heavy atom. The minimum absolute atomic E-state index is 0.974. The van der Waals surface area contributed by atoms with Crippen molar-refractivity contribution in [3.8, 4) is 0 Å². The Bertz CT molecular complexity index is 271. The molecule has 0 heterocycles. The molecule has 1 rings (SSSR count). The van der Waals surface area contributed by atoms with E-state index in [0.717, 1.165) is 13.1 Å². The number of benzene rings is 1. The topological polar surface area (TPSA) is 12.0 Å². The van der Waals surface area contributed by atoms with E-state index in [1.807, 2.05) is 0 Å². The SMILES string of the molecule is CCNCc1c(C)cc(Br)cc1C. The molecule has 72 valence electrons. The predicted molar refractivity (Wildman–Crippen MR) is 61.0 cm³/mol. The Hall–Kier alpha value is -0.340. The van der Waals surface area contributed by atoms with Crippen LogP contribution in [0.25, 0.3) is 0 Å². The van der Waals surface area contributed by atoms with E-state index >= 15 is 0 Å². The minimum atomic E-state index is 0.974. The molecule has 0 atom stereocenters. The molecule has 1 aromatic rings. The molecule has 0 saturated heterocycles. The lowest BCUT2D eigenvalue weighted by molar-refractivity contribution is 0.720. The van der Waals surface area contributed by atoms with Gasteiger partial charge in [0.15, 0.2) is 0 Å². The van der Waals surface area contributed by atoms with E-state index in [1.165, 1.54) is 21.2 Å². The van der Waals surface area contributed by atoms with Crippen LogP contribution in [0, 0.1) is 13.8 Å². The summed E-state index contributed by atoms with van der Waals surface area (Å²) in [4.78, 5) is 0. The van der Waals surface area contributed by atoms with Gasteiger partial charge in [0, 0.05) is 11.0 Å². The van der Waals surface area contributed by atoms with E-state index in [2.05, 4.69) is 54.2 Å². The highest BCUT2D eigenvalue weighted by Gasteiger charge is 2.02. The molecule has 2 heteroatoms. The lowest BCUT2D eigenvalue weighted by Crippen LogP contribution is -2.13. The van der Waals surface area contributed by atoms with Gasteiger partial charge in [-0.05, 0) is 49.2 Å². The zero-order valence-corrected chi connectivity index (χ0v) is 10.0. The molecule has 0 saturated carbocycles. The summed E-state index contributed by atoms with van der Waals surface area (Å²) in [7, 11) is 0. The lowest BCUT2D eigenvalue weighted by Gasteiger charge is -2.10. The third-order valence-electron chi connectivity index (χ3n) is 2.21. The highest BCUT2D eigenvalue weighted by molar-refractivity contribution is 9.10. The molecule has 1 N–H and O–H groups in total. The Morgan fingerprint density at radius 1 is 1.23 bits per heavy atom. The summed E-state index contributed by atoms with van der Waals surface area (Å²) in [5.74, 6) is 0. The van der Waals surface area contributed by atoms with E-state index in [1.54, 1.807) is 0 Å². The predicted octanol–water partition coefficient (Wildman–Crippen LogP) is 3.18. The van der Waals surface area contributed by atoms with Crippen LogP contribution < -0.4 is 5.32 Å². The van der Waals surface area contributed by atoms with Crippen molar-refractivity contribution < 1.29 is 0 Å². The van der Waals surface area contributed by atoms with E-state index in [9.17, 15) is 0 Å². The largest absolute Gasteiger partial charge is 0.313 e. The summed E-state index contributed by atoms with van der Waals surface area (Å²) in [5, 5.41) is 3.35. The Labute approximate surface area is 88.7 Å². The summed E-state index contributed by atoms with van der Waals surface area (Å²) < 4.78 is 1.17. The molecule has 0 aromatic heterocycles. The number of aryl methyl sites for hydroxylation is 2. The van der Waals surface area contributed by atoms with Crippen molar-refractivity contribution in [3.63, 3.8) is 0 Å². The van der Waals surface area contributed by atoms with Gasteiger partial charge in [-0.2, -0.15) is 0 Å². The number of nitrogens with one attached hydrogen (secondary N) is 1. The number of hydrogen-bond acceptors (Lipinski definition) is 1. The number of hydrogen-bond donors (Lipinski definition) is 1. The molecule has 0 radical (unpaired) electrons. The van der Waals surface area contributed by atoms with Crippen molar-refractivity contribution in [1.82, 2.24) is 5.32 Å². The fourth-order valence-corrected chi connectivity index (χ4v) is 2.16. The molecule has 0 bridgehead atoms. The maximum Gasteiger partial charge on any atom is 0.0210 e. The molecule has 0 unspecified atom stereocenters. The molecule has 0 aliphatic carbocycles. The third-order valence-corrected chi connectivity index (χ3v) is 2.67. The van der Waals surface area contributed by atoms with Gasteiger partial charge >= 0.3 is 0 Å². The zero-order valence-electron chi connectivity index (χ0n) is 8.45. The second-order valence-electron chi connectivity index (χ2n) is 3.30. The van der Waals surface area contributed by atoms with Crippen LogP contribution in [-0.4, -0.2) is 6.54 Å². The van der Waals surface area contributed by atoms with Crippen LogP contribution >= 0.6 is 15.9 Å². The molecule has 0 aliphatic rings. The first-order valence-electron chi connectivity index (χ1n) is 4.61. The van der Waals surface area contributed by atoms with Gasteiger partial charge in [-0.25, -0.2) is 0 Å². The van der Waals surface area contributed by atoms with Crippen LogP contribution in [0.2, 0.25) is 0 Å². The fourth-order valence-electron chi connectivity index (χ4n) is 1.47. The Morgan fingerprint density at radius 3 is 2.23 bits per heavy atom.